The largest absolute Gasteiger partial charge is 0.317 e. The molecule has 0 aliphatic carbocycles. The van der Waals surface area contributed by atoms with Crippen molar-refractivity contribution in [2.75, 3.05) is 0 Å². The SMILES string of the molecule is C=N.CC.CCCCC. The minimum atomic E-state index is 1.34. The van der Waals surface area contributed by atoms with Gasteiger partial charge in [-0.1, -0.05) is 47.0 Å². The first-order chi connectivity index (χ1) is 4.41. The molecule has 1 N–H and O–H groups in total. The van der Waals surface area contributed by atoms with E-state index in [2.05, 4.69) is 20.6 Å². The fraction of sp³-hybridized carbons (Fsp3) is 0.875. The smallest absolute Gasteiger partial charge is 0.0187 e. The van der Waals surface area contributed by atoms with Crippen LogP contribution in [0, 0.1) is 5.41 Å². The highest BCUT2D eigenvalue weighted by Crippen LogP contribution is 1.88. The van der Waals surface area contributed by atoms with Crippen LogP contribution >= 0.6 is 0 Å². The van der Waals surface area contributed by atoms with Crippen molar-refractivity contribution >= 4 is 6.72 Å². The zero-order valence-electron chi connectivity index (χ0n) is 7.33. The summed E-state index contributed by atoms with van der Waals surface area (Å²) in [6.45, 7) is 10.9. The summed E-state index contributed by atoms with van der Waals surface area (Å²) in [5.74, 6) is 0. The molecule has 1 heteroatoms. The van der Waals surface area contributed by atoms with Gasteiger partial charge in [0.15, 0.2) is 0 Å². The maximum absolute atomic E-state index is 5.50. The molecule has 0 radical (unpaired) electrons. The van der Waals surface area contributed by atoms with Crippen LogP contribution in [0.2, 0.25) is 0 Å². The molecule has 0 fully saturated rings. The van der Waals surface area contributed by atoms with Gasteiger partial charge in [0, 0.05) is 0 Å². The van der Waals surface area contributed by atoms with Gasteiger partial charge in [-0.15, -0.1) is 0 Å². The molecule has 0 aromatic heterocycles. The quantitative estimate of drug-likeness (QED) is 0.555. The normalized spacial score (nSPS) is 5.78. The van der Waals surface area contributed by atoms with Gasteiger partial charge in [-0.3, -0.25) is 0 Å². The number of nitrogens with one attached hydrogen (secondary N) is 1. The molecule has 0 amide bonds. The summed E-state index contributed by atoms with van der Waals surface area (Å²) in [6.07, 6.45) is 4.08. The van der Waals surface area contributed by atoms with E-state index >= 15 is 0 Å². The maximum Gasteiger partial charge on any atom is -0.0187 e. The van der Waals surface area contributed by atoms with Crippen molar-refractivity contribution < 1.29 is 0 Å². The van der Waals surface area contributed by atoms with Crippen molar-refractivity contribution in [1.29, 1.82) is 5.41 Å². The second-order valence-electron chi connectivity index (χ2n) is 1.35. The molecule has 0 saturated carbocycles. The lowest BCUT2D eigenvalue weighted by Gasteiger charge is -1.79. The monoisotopic (exact) mass is 131 g/mol. The Morgan fingerprint density at radius 2 is 1.22 bits per heavy atom. The lowest BCUT2D eigenvalue weighted by molar-refractivity contribution is 0.772. The van der Waals surface area contributed by atoms with Gasteiger partial charge in [0.2, 0.25) is 0 Å². The Morgan fingerprint density at radius 1 is 1.00 bits per heavy atom. The molecule has 0 aromatic carbocycles. The average molecular weight is 131 g/mol. The van der Waals surface area contributed by atoms with Gasteiger partial charge >= 0.3 is 0 Å². The van der Waals surface area contributed by atoms with Crippen LogP contribution in [0.1, 0.15) is 47.0 Å². The molecule has 0 bridgehead atoms. The predicted molar refractivity (Wildman–Crippen MR) is 46.4 cm³/mol. The molecule has 0 unspecified atom stereocenters. The highest BCUT2D eigenvalue weighted by molar-refractivity contribution is 5.15. The zero-order valence-corrected chi connectivity index (χ0v) is 7.33. The molecule has 9 heavy (non-hydrogen) atoms. The van der Waals surface area contributed by atoms with Crippen molar-refractivity contribution in [1.82, 2.24) is 0 Å². The van der Waals surface area contributed by atoms with E-state index in [-0.39, 0.29) is 0 Å². The van der Waals surface area contributed by atoms with E-state index in [0.29, 0.717) is 0 Å². The first-order valence-corrected chi connectivity index (χ1v) is 3.77. The van der Waals surface area contributed by atoms with Crippen LogP contribution in [-0.4, -0.2) is 6.72 Å². The maximum atomic E-state index is 5.50. The number of hydrogen-bond acceptors (Lipinski definition) is 1. The van der Waals surface area contributed by atoms with Gasteiger partial charge in [0.25, 0.3) is 0 Å². The Morgan fingerprint density at radius 3 is 1.22 bits per heavy atom. The summed E-state index contributed by atoms with van der Waals surface area (Å²) in [5, 5.41) is 5.50. The van der Waals surface area contributed by atoms with Crippen LogP contribution in [0.15, 0.2) is 0 Å². The van der Waals surface area contributed by atoms with E-state index in [0.717, 1.165) is 0 Å². The van der Waals surface area contributed by atoms with Crippen LogP contribution in [-0.2, 0) is 0 Å². The molecule has 0 atom stereocenters. The molecule has 0 saturated heterocycles. The van der Waals surface area contributed by atoms with E-state index in [1.165, 1.54) is 19.3 Å². The Kier molecular flexibility index (Phi) is 84.4. The third-order valence-electron chi connectivity index (χ3n) is 0.707. The van der Waals surface area contributed by atoms with Crippen molar-refractivity contribution in [3.05, 3.63) is 0 Å². The number of unbranched alkanes of at least 4 members (excludes halogenated alkanes) is 2. The van der Waals surface area contributed by atoms with Crippen LogP contribution in [0.25, 0.3) is 0 Å². The van der Waals surface area contributed by atoms with E-state index in [4.69, 9.17) is 5.41 Å². The van der Waals surface area contributed by atoms with Crippen molar-refractivity contribution in [2.24, 2.45) is 0 Å². The highest BCUT2D eigenvalue weighted by Gasteiger charge is 1.68. The minimum Gasteiger partial charge on any atom is -0.317 e. The van der Waals surface area contributed by atoms with Crippen molar-refractivity contribution in [2.45, 2.75) is 47.0 Å². The highest BCUT2D eigenvalue weighted by atomic mass is 14.2. The molecule has 0 heterocycles. The van der Waals surface area contributed by atoms with Gasteiger partial charge in [-0.05, 0) is 6.72 Å². The van der Waals surface area contributed by atoms with Crippen LogP contribution < -0.4 is 0 Å². The van der Waals surface area contributed by atoms with Crippen molar-refractivity contribution in [3.8, 4) is 0 Å². The zero-order chi connectivity index (χ0) is 8.12. The number of rotatable bonds is 2. The summed E-state index contributed by atoms with van der Waals surface area (Å²) in [7, 11) is 0. The third-order valence-corrected chi connectivity index (χ3v) is 0.707. The second-order valence-corrected chi connectivity index (χ2v) is 1.35. The van der Waals surface area contributed by atoms with Gasteiger partial charge in [-0.2, -0.15) is 0 Å². The lowest BCUT2D eigenvalue weighted by Crippen LogP contribution is -1.59. The molecule has 0 aliphatic rings. The van der Waals surface area contributed by atoms with Crippen molar-refractivity contribution in [3.63, 3.8) is 0 Å². The van der Waals surface area contributed by atoms with Crippen LogP contribution in [0.3, 0.4) is 0 Å². The Bertz CT molecular complexity index is 18.5. The lowest BCUT2D eigenvalue weighted by atomic mass is 10.3. The number of hydrogen-bond donors (Lipinski definition) is 1. The van der Waals surface area contributed by atoms with Gasteiger partial charge in [0.05, 0.1) is 0 Å². The standard InChI is InChI=1S/C5H12.C2H6.CH3N/c1-3-5-4-2;2*1-2/h3-5H2,1-2H3;1-2H3;2H,1H2. The molecule has 58 valence electrons. The van der Waals surface area contributed by atoms with Gasteiger partial charge < -0.3 is 5.41 Å². The first-order valence-electron chi connectivity index (χ1n) is 3.77. The predicted octanol–water partition coefficient (Wildman–Crippen LogP) is 3.49. The molecule has 0 aromatic rings. The molecule has 0 spiro atoms. The Labute approximate surface area is 60.0 Å². The topological polar surface area (TPSA) is 23.9 Å². The van der Waals surface area contributed by atoms with Gasteiger partial charge in [0.1, 0.15) is 0 Å². The summed E-state index contributed by atoms with van der Waals surface area (Å²) in [5.41, 5.74) is 0. The first kappa shape index (κ1) is 15.9. The summed E-state index contributed by atoms with van der Waals surface area (Å²) in [6, 6.07) is 0. The average Bonchev–Trinajstić information content (AvgIpc) is 1.98. The van der Waals surface area contributed by atoms with E-state index < -0.39 is 0 Å². The van der Waals surface area contributed by atoms with Crippen LogP contribution in [0.5, 0.6) is 0 Å². The van der Waals surface area contributed by atoms with E-state index in [1.54, 1.807) is 0 Å². The van der Waals surface area contributed by atoms with Gasteiger partial charge in [-0.25, -0.2) is 0 Å². The van der Waals surface area contributed by atoms with Crippen LogP contribution in [0.4, 0.5) is 0 Å². The minimum absolute atomic E-state index is 1.34. The molecule has 1 nitrogen and oxygen atoms in total. The summed E-state index contributed by atoms with van der Waals surface area (Å²) in [4.78, 5) is 0. The summed E-state index contributed by atoms with van der Waals surface area (Å²) >= 11 is 0. The molecular formula is C8H21N. The Hall–Kier alpha value is -0.330. The molecule has 0 rings (SSSR count). The molecular weight excluding hydrogens is 110 g/mol. The fourth-order valence-electron chi connectivity index (χ4n) is 0.354. The summed E-state index contributed by atoms with van der Waals surface area (Å²) < 4.78 is 0. The molecule has 0 aliphatic heterocycles. The Balaban J connectivity index is -0.0000000771. The third kappa shape index (κ3) is 88.4. The second kappa shape index (κ2) is 47.9. The fourth-order valence-corrected chi connectivity index (χ4v) is 0.354. The van der Waals surface area contributed by atoms with E-state index in [9.17, 15) is 0 Å². The van der Waals surface area contributed by atoms with E-state index in [1.807, 2.05) is 13.8 Å².